The molecule has 1 aliphatic carbocycles. The minimum absolute atomic E-state index is 0.142. The van der Waals surface area contributed by atoms with Crippen LogP contribution in [0.15, 0.2) is 24.3 Å². The predicted octanol–water partition coefficient (Wildman–Crippen LogP) is 7.33. The lowest BCUT2D eigenvalue weighted by atomic mass is 9.77. The van der Waals surface area contributed by atoms with Crippen molar-refractivity contribution in [3.05, 3.63) is 46.3 Å². The summed E-state index contributed by atoms with van der Waals surface area (Å²) in [5.74, 6) is 0.292. The van der Waals surface area contributed by atoms with Crippen LogP contribution in [0.1, 0.15) is 68.7 Å². The topological polar surface area (TPSA) is 0 Å². The fourth-order valence-electron chi connectivity index (χ4n) is 3.96. The molecule has 0 spiro atoms. The fourth-order valence-corrected chi connectivity index (χ4v) is 4.95. The van der Waals surface area contributed by atoms with Crippen molar-refractivity contribution in [2.24, 2.45) is 5.92 Å². The highest BCUT2D eigenvalue weighted by atomic mass is 32.1. The van der Waals surface area contributed by atoms with Gasteiger partial charge in [0.1, 0.15) is 11.6 Å². The number of thiophene rings is 1. The Morgan fingerprint density at radius 2 is 1.67 bits per heavy atom. The molecular formula is C21H26F2S. The molecule has 0 unspecified atom stereocenters. The second-order valence-corrected chi connectivity index (χ2v) is 8.15. The first-order valence-corrected chi connectivity index (χ1v) is 10.0. The first-order valence-electron chi connectivity index (χ1n) is 9.20. The molecule has 0 N–H and O–H groups in total. The molecule has 24 heavy (non-hydrogen) atoms. The summed E-state index contributed by atoms with van der Waals surface area (Å²) in [6.45, 7) is 4.28. The lowest BCUT2D eigenvalue weighted by Gasteiger charge is -2.28. The molecule has 0 saturated heterocycles. The lowest BCUT2D eigenvalue weighted by molar-refractivity contribution is 0.307. The van der Waals surface area contributed by atoms with Crippen LogP contribution in [0.3, 0.4) is 0 Å². The summed E-state index contributed by atoms with van der Waals surface area (Å²) in [5, 5.41) is 0. The molecule has 1 heterocycles. The van der Waals surface area contributed by atoms with Gasteiger partial charge in [-0.2, -0.15) is 0 Å². The molecule has 0 bridgehead atoms. The third-order valence-corrected chi connectivity index (χ3v) is 6.58. The van der Waals surface area contributed by atoms with Gasteiger partial charge in [0.05, 0.1) is 5.56 Å². The van der Waals surface area contributed by atoms with Crippen LogP contribution in [0.4, 0.5) is 8.78 Å². The molecule has 0 nitrogen and oxygen atoms in total. The van der Waals surface area contributed by atoms with E-state index in [9.17, 15) is 8.78 Å². The summed E-state index contributed by atoms with van der Waals surface area (Å²) in [6.07, 6.45) is 7.90. The van der Waals surface area contributed by atoms with Crippen LogP contribution in [-0.4, -0.2) is 0 Å². The van der Waals surface area contributed by atoms with Crippen LogP contribution in [0.25, 0.3) is 10.4 Å². The van der Waals surface area contributed by atoms with Gasteiger partial charge in [0.15, 0.2) is 0 Å². The third kappa shape index (κ3) is 3.72. The zero-order valence-electron chi connectivity index (χ0n) is 14.6. The Balaban J connectivity index is 1.80. The van der Waals surface area contributed by atoms with Crippen molar-refractivity contribution in [3.8, 4) is 10.4 Å². The van der Waals surface area contributed by atoms with Crippen LogP contribution in [-0.2, 0) is 6.42 Å². The Kier molecular flexibility index (Phi) is 5.70. The quantitative estimate of drug-likeness (QED) is 0.530. The highest BCUT2D eigenvalue weighted by Gasteiger charge is 2.24. The molecule has 2 aromatic rings. The number of benzene rings is 1. The van der Waals surface area contributed by atoms with Crippen molar-refractivity contribution in [3.63, 3.8) is 0 Å². The molecule has 0 aliphatic heterocycles. The predicted molar refractivity (Wildman–Crippen MR) is 98.7 cm³/mol. The SMILES string of the molecule is CCCC1CCC(c2cc(F)c(-c3ccc(CC)s3)c(F)c2)CC1. The van der Waals surface area contributed by atoms with Gasteiger partial charge in [-0.05, 0) is 73.8 Å². The van der Waals surface area contributed by atoms with E-state index in [1.807, 2.05) is 12.1 Å². The molecule has 1 fully saturated rings. The molecule has 0 amide bonds. The minimum Gasteiger partial charge on any atom is -0.206 e. The average Bonchev–Trinajstić information content (AvgIpc) is 3.04. The highest BCUT2D eigenvalue weighted by molar-refractivity contribution is 7.15. The maximum absolute atomic E-state index is 14.6. The van der Waals surface area contributed by atoms with Gasteiger partial charge in [-0.25, -0.2) is 8.78 Å². The molecule has 0 radical (unpaired) electrons. The van der Waals surface area contributed by atoms with E-state index < -0.39 is 11.6 Å². The van der Waals surface area contributed by atoms with Gasteiger partial charge in [-0.3, -0.25) is 0 Å². The van der Waals surface area contributed by atoms with Gasteiger partial charge in [-0.15, -0.1) is 11.3 Å². The van der Waals surface area contributed by atoms with Gasteiger partial charge >= 0.3 is 0 Å². The summed E-state index contributed by atoms with van der Waals surface area (Å²) in [7, 11) is 0. The minimum atomic E-state index is -0.412. The van der Waals surface area contributed by atoms with E-state index in [4.69, 9.17) is 0 Å². The van der Waals surface area contributed by atoms with Crippen molar-refractivity contribution < 1.29 is 8.78 Å². The van der Waals surface area contributed by atoms with Crippen molar-refractivity contribution in [1.29, 1.82) is 0 Å². The molecule has 0 atom stereocenters. The van der Waals surface area contributed by atoms with Crippen LogP contribution < -0.4 is 0 Å². The second-order valence-electron chi connectivity index (χ2n) is 6.99. The van der Waals surface area contributed by atoms with E-state index >= 15 is 0 Å². The summed E-state index contributed by atoms with van der Waals surface area (Å²) < 4.78 is 29.3. The van der Waals surface area contributed by atoms with Crippen molar-refractivity contribution in [2.45, 2.75) is 64.7 Å². The van der Waals surface area contributed by atoms with Gasteiger partial charge in [0, 0.05) is 9.75 Å². The van der Waals surface area contributed by atoms with Gasteiger partial charge < -0.3 is 0 Å². The molecule has 3 heteroatoms. The zero-order chi connectivity index (χ0) is 17.1. The molecule has 1 aliphatic rings. The fraction of sp³-hybridized carbons (Fsp3) is 0.524. The Morgan fingerprint density at radius 3 is 2.21 bits per heavy atom. The number of rotatable bonds is 5. The van der Waals surface area contributed by atoms with E-state index in [2.05, 4.69) is 13.8 Å². The first-order chi connectivity index (χ1) is 11.6. The van der Waals surface area contributed by atoms with Crippen molar-refractivity contribution >= 4 is 11.3 Å². The Morgan fingerprint density at radius 1 is 1.00 bits per heavy atom. The Bertz CT molecular complexity index is 658. The van der Waals surface area contributed by atoms with Gasteiger partial charge in [0.2, 0.25) is 0 Å². The van der Waals surface area contributed by atoms with E-state index in [1.165, 1.54) is 37.0 Å². The number of aryl methyl sites for hydroxylation is 1. The summed E-state index contributed by atoms with van der Waals surface area (Å²) >= 11 is 1.48. The molecular weight excluding hydrogens is 322 g/mol. The summed E-state index contributed by atoms with van der Waals surface area (Å²) in [6, 6.07) is 6.95. The number of halogens is 2. The lowest BCUT2D eigenvalue weighted by Crippen LogP contribution is -2.13. The van der Waals surface area contributed by atoms with Crippen LogP contribution in [0, 0.1) is 17.6 Å². The highest BCUT2D eigenvalue weighted by Crippen LogP contribution is 2.40. The van der Waals surface area contributed by atoms with E-state index in [-0.39, 0.29) is 5.56 Å². The standard InChI is InChI=1S/C21H26F2S/c1-3-5-14-6-8-15(9-7-14)16-12-18(22)21(19(23)13-16)20-11-10-17(4-2)24-20/h10-15H,3-9H2,1-2H3. The normalized spacial score (nSPS) is 21.2. The van der Waals surface area contributed by atoms with Gasteiger partial charge in [-0.1, -0.05) is 26.7 Å². The van der Waals surface area contributed by atoms with E-state index in [0.717, 1.165) is 35.6 Å². The molecule has 1 aromatic carbocycles. The third-order valence-electron chi connectivity index (χ3n) is 5.34. The van der Waals surface area contributed by atoms with Crippen molar-refractivity contribution in [2.75, 3.05) is 0 Å². The van der Waals surface area contributed by atoms with Crippen LogP contribution in [0.5, 0.6) is 0 Å². The van der Waals surface area contributed by atoms with Gasteiger partial charge in [0.25, 0.3) is 0 Å². The average molecular weight is 349 g/mol. The smallest absolute Gasteiger partial charge is 0.135 e. The first kappa shape index (κ1) is 17.6. The zero-order valence-corrected chi connectivity index (χ0v) is 15.4. The molecule has 1 aromatic heterocycles. The van der Waals surface area contributed by atoms with Crippen LogP contribution in [0.2, 0.25) is 0 Å². The molecule has 1 saturated carbocycles. The summed E-state index contributed by atoms with van der Waals surface area (Å²) in [5.41, 5.74) is 0.985. The molecule has 130 valence electrons. The monoisotopic (exact) mass is 348 g/mol. The number of hydrogen-bond acceptors (Lipinski definition) is 1. The maximum atomic E-state index is 14.6. The number of hydrogen-bond donors (Lipinski definition) is 0. The maximum Gasteiger partial charge on any atom is 0.135 e. The summed E-state index contributed by atoms with van der Waals surface area (Å²) in [4.78, 5) is 1.85. The largest absolute Gasteiger partial charge is 0.206 e. The van der Waals surface area contributed by atoms with E-state index in [1.54, 1.807) is 12.1 Å². The van der Waals surface area contributed by atoms with Crippen molar-refractivity contribution in [1.82, 2.24) is 0 Å². The Labute approximate surface area is 147 Å². The Hall–Kier alpha value is -1.22. The molecule has 3 rings (SSSR count). The second kappa shape index (κ2) is 7.77. The van der Waals surface area contributed by atoms with E-state index in [0.29, 0.717) is 10.8 Å². The van der Waals surface area contributed by atoms with Crippen LogP contribution >= 0.6 is 11.3 Å².